The molecular weight excluding hydrogens is 160 g/mol. The summed E-state index contributed by atoms with van der Waals surface area (Å²) >= 11 is 0. The summed E-state index contributed by atoms with van der Waals surface area (Å²) in [4.78, 5) is 10.4. The predicted octanol–water partition coefficient (Wildman–Crippen LogP) is -0.365. The molecule has 0 aromatic carbocycles. The zero-order valence-electron chi connectivity index (χ0n) is 6.34. The molecule has 2 rings (SSSR count). The Morgan fingerprint density at radius 2 is 2.42 bits per heavy atom. The zero-order chi connectivity index (χ0) is 8.55. The Morgan fingerprint density at radius 1 is 1.67 bits per heavy atom. The normalized spacial score (nSPS) is 16.3. The molecule has 1 heterocycles. The van der Waals surface area contributed by atoms with Crippen molar-refractivity contribution in [2.45, 2.75) is 25.3 Å². The maximum absolute atomic E-state index is 10.4. The smallest absolute Gasteiger partial charge is 0.311 e. The van der Waals surface area contributed by atoms with Crippen molar-refractivity contribution in [3.8, 4) is 0 Å². The molecule has 1 N–H and O–H groups in total. The number of tetrazole rings is 1. The van der Waals surface area contributed by atoms with E-state index in [1.807, 2.05) is 0 Å². The third kappa shape index (κ3) is 1.27. The molecule has 0 radical (unpaired) electrons. The molecule has 64 valence electrons. The van der Waals surface area contributed by atoms with Crippen LogP contribution in [-0.4, -0.2) is 31.3 Å². The highest BCUT2D eigenvalue weighted by Crippen LogP contribution is 2.34. The van der Waals surface area contributed by atoms with E-state index in [0.717, 1.165) is 12.8 Å². The van der Waals surface area contributed by atoms with Crippen LogP contribution in [0.5, 0.6) is 0 Å². The van der Waals surface area contributed by atoms with E-state index in [0.29, 0.717) is 11.9 Å². The van der Waals surface area contributed by atoms with E-state index in [2.05, 4.69) is 15.5 Å². The maximum atomic E-state index is 10.4. The number of aromatic nitrogens is 4. The second-order valence-corrected chi connectivity index (χ2v) is 2.84. The second kappa shape index (κ2) is 2.54. The van der Waals surface area contributed by atoms with Crippen LogP contribution in [0.2, 0.25) is 0 Å². The van der Waals surface area contributed by atoms with Crippen molar-refractivity contribution in [3.63, 3.8) is 0 Å². The van der Waals surface area contributed by atoms with E-state index in [1.54, 1.807) is 4.68 Å². The number of rotatable bonds is 3. The number of carboxylic acid groups (broad SMARTS) is 1. The van der Waals surface area contributed by atoms with Gasteiger partial charge in [-0.05, 0) is 23.3 Å². The standard InChI is InChI=1S/C6H8N4O2/c11-6(12)3-5-7-8-9-10(5)4-1-2-4/h4H,1-3H2,(H,11,12). The average molecular weight is 168 g/mol. The number of aliphatic carboxylic acids is 1. The van der Waals surface area contributed by atoms with E-state index in [-0.39, 0.29) is 6.42 Å². The van der Waals surface area contributed by atoms with Crippen molar-refractivity contribution >= 4 is 5.97 Å². The molecule has 1 fully saturated rings. The molecule has 0 unspecified atom stereocenters. The van der Waals surface area contributed by atoms with E-state index in [9.17, 15) is 4.79 Å². The molecule has 0 spiro atoms. The molecule has 0 bridgehead atoms. The molecule has 1 aliphatic carbocycles. The Morgan fingerprint density at radius 3 is 3.00 bits per heavy atom. The maximum Gasteiger partial charge on any atom is 0.311 e. The summed E-state index contributed by atoms with van der Waals surface area (Å²) in [6.07, 6.45) is 2.01. The van der Waals surface area contributed by atoms with Crippen LogP contribution in [0, 0.1) is 0 Å². The minimum absolute atomic E-state index is 0.0938. The van der Waals surface area contributed by atoms with Gasteiger partial charge in [0.2, 0.25) is 0 Å². The summed E-state index contributed by atoms with van der Waals surface area (Å²) in [6.45, 7) is 0. The van der Waals surface area contributed by atoms with Gasteiger partial charge in [-0.25, -0.2) is 4.68 Å². The fourth-order valence-electron chi connectivity index (χ4n) is 1.07. The number of hydrogen-bond donors (Lipinski definition) is 1. The lowest BCUT2D eigenvalue weighted by molar-refractivity contribution is -0.136. The highest BCUT2D eigenvalue weighted by atomic mass is 16.4. The highest BCUT2D eigenvalue weighted by molar-refractivity contribution is 5.68. The molecule has 12 heavy (non-hydrogen) atoms. The third-order valence-electron chi connectivity index (χ3n) is 1.76. The van der Waals surface area contributed by atoms with Gasteiger partial charge in [0.25, 0.3) is 0 Å². The Labute approximate surface area is 68.2 Å². The number of carbonyl (C=O) groups is 1. The van der Waals surface area contributed by atoms with Crippen molar-refractivity contribution in [3.05, 3.63) is 5.82 Å². The van der Waals surface area contributed by atoms with E-state index >= 15 is 0 Å². The van der Waals surface area contributed by atoms with Gasteiger partial charge >= 0.3 is 5.97 Å². The van der Waals surface area contributed by atoms with Crippen molar-refractivity contribution in [1.29, 1.82) is 0 Å². The molecule has 1 aliphatic rings. The van der Waals surface area contributed by atoms with Gasteiger partial charge in [0.1, 0.15) is 6.42 Å². The SMILES string of the molecule is O=C(O)Cc1nnnn1C1CC1. The van der Waals surface area contributed by atoms with Gasteiger partial charge in [-0.1, -0.05) is 0 Å². The second-order valence-electron chi connectivity index (χ2n) is 2.84. The van der Waals surface area contributed by atoms with E-state index < -0.39 is 5.97 Å². The summed E-state index contributed by atoms with van der Waals surface area (Å²) in [5.41, 5.74) is 0. The van der Waals surface area contributed by atoms with Crippen molar-refractivity contribution < 1.29 is 9.90 Å². The molecule has 0 atom stereocenters. The minimum Gasteiger partial charge on any atom is -0.481 e. The first-order chi connectivity index (χ1) is 5.77. The number of nitrogens with zero attached hydrogens (tertiary/aromatic N) is 4. The first-order valence-corrected chi connectivity index (χ1v) is 3.76. The Hall–Kier alpha value is -1.46. The average Bonchev–Trinajstić information content (AvgIpc) is 2.73. The summed E-state index contributed by atoms with van der Waals surface area (Å²) < 4.78 is 1.61. The molecule has 0 amide bonds. The molecule has 1 aromatic rings. The molecule has 6 nitrogen and oxygen atoms in total. The van der Waals surface area contributed by atoms with Gasteiger partial charge < -0.3 is 5.11 Å². The van der Waals surface area contributed by atoms with Gasteiger partial charge in [-0.2, -0.15) is 0 Å². The molecular formula is C6H8N4O2. The van der Waals surface area contributed by atoms with Gasteiger partial charge in [-0.15, -0.1) is 5.10 Å². The number of carboxylic acids is 1. The fourth-order valence-corrected chi connectivity index (χ4v) is 1.07. The Balaban J connectivity index is 2.18. The summed E-state index contributed by atoms with van der Waals surface area (Å²) in [5.74, 6) is -0.447. The van der Waals surface area contributed by atoms with Crippen LogP contribution < -0.4 is 0 Å². The Bertz CT molecular complexity index is 304. The lowest BCUT2D eigenvalue weighted by Gasteiger charge is -1.97. The van der Waals surface area contributed by atoms with E-state index in [4.69, 9.17) is 5.11 Å². The van der Waals surface area contributed by atoms with Crippen LogP contribution in [0.15, 0.2) is 0 Å². The zero-order valence-corrected chi connectivity index (χ0v) is 6.34. The largest absolute Gasteiger partial charge is 0.481 e. The minimum atomic E-state index is -0.897. The van der Waals surface area contributed by atoms with Gasteiger partial charge in [0, 0.05) is 0 Å². The van der Waals surface area contributed by atoms with Gasteiger partial charge in [-0.3, -0.25) is 4.79 Å². The Kier molecular flexibility index (Phi) is 1.53. The highest BCUT2D eigenvalue weighted by Gasteiger charge is 2.28. The van der Waals surface area contributed by atoms with Gasteiger partial charge in [0.05, 0.1) is 6.04 Å². The van der Waals surface area contributed by atoms with Crippen LogP contribution in [0.25, 0.3) is 0 Å². The molecule has 1 saturated carbocycles. The van der Waals surface area contributed by atoms with Gasteiger partial charge in [0.15, 0.2) is 5.82 Å². The van der Waals surface area contributed by atoms with Crippen LogP contribution in [0.4, 0.5) is 0 Å². The van der Waals surface area contributed by atoms with Crippen molar-refractivity contribution in [2.75, 3.05) is 0 Å². The lowest BCUT2D eigenvalue weighted by Crippen LogP contribution is -2.09. The van der Waals surface area contributed by atoms with Crippen molar-refractivity contribution in [1.82, 2.24) is 20.2 Å². The van der Waals surface area contributed by atoms with Crippen LogP contribution >= 0.6 is 0 Å². The molecule has 0 saturated heterocycles. The fraction of sp³-hybridized carbons (Fsp3) is 0.667. The quantitative estimate of drug-likeness (QED) is 0.666. The monoisotopic (exact) mass is 168 g/mol. The van der Waals surface area contributed by atoms with Crippen molar-refractivity contribution in [2.24, 2.45) is 0 Å². The predicted molar refractivity (Wildman–Crippen MR) is 37.4 cm³/mol. The summed E-state index contributed by atoms with van der Waals surface area (Å²) in [6, 6.07) is 0.342. The first kappa shape index (κ1) is 7.20. The molecule has 6 heteroatoms. The summed E-state index contributed by atoms with van der Waals surface area (Å²) in [7, 11) is 0. The summed E-state index contributed by atoms with van der Waals surface area (Å²) in [5, 5.41) is 19.3. The third-order valence-corrected chi connectivity index (χ3v) is 1.76. The lowest BCUT2D eigenvalue weighted by atomic mass is 10.4. The van der Waals surface area contributed by atoms with E-state index in [1.165, 1.54) is 0 Å². The first-order valence-electron chi connectivity index (χ1n) is 3.76. The van der Waals surface area contributed by atoms with Crippen LogP contribution in [-0.2, 0) is 11.2 Å². The van der Waals surface area contributed by atoms with Crippen LogP contribution in [0.3, 0.4) is 0 Å². The van der Waals surface area contributed by atoms with Crippen LogP contribution in [0.1, 0.15) is 24.7 Å². The molecule has 1 aromatic heterocycles. The molecule has 0 aliphatic heterocycles. The number of hydrogen-bond acceptors (Lipinski definition) is 4. The topological polar surface area (TPSA) is 80.9 Å².